The van der Waals surface area contributed by atoms with Crippen LogP contribution in [0.25, 0.3) is 0 Å². The molecule has 2 atom stereocenters. The van der Waals surface area contributed by atoms with E-state index >= 15 is 0 Å². The summed E-state index contributed by atoms with van der Waals surface area (Å²) in [5.41, 5.74) is 14.6. The van der Waals surface area contributed by atoms with Crippen molar-refractivity contribution in [2.45, 2.75) is 71.3 Å². The molecule has 0 radical (unpaired) electrons. The molecular weight excluding hydrogens is 590 g/mol. The zero-order valence-electron chi connectivity index (χ0n) is 26.8. The minimum Gasteiger partial charge on any atom is -0.476 e. The molecule has 0 aliphatic heterocycles. The van der Waals surface area contributed by atoms with E-state index in [0.717, 1.165) is 49.1 Å². The number of fused-ring (bicyclic) bond motifs is 1. The number of carbonyl (C=O) groups is 2. The number of carbonyl (C=O) groups excluding carboxylic acids is 2. The number of nitrogen functional groups attached to an aromatic ring is 1. The van der Waals surface area contributed by atoms with Gasteiger partial charge in [0.25, 0.3) is 5.91 Å². The summed E-state index contributed by atoms with van der Waals surface area (Å²) in [7, 11) is 2.05. The second-order valence-electron chi connectivity index (χ2n) is 12.0. The number of hydrogen-bond donors (Lipinski definition) is 3. The van der Waals surface area contributed by atoms with Crippen molar-refractivity contribution in [1.29, 1.82) is 5.26 Å². The number of amidine groups is 1. The molecule has 2 unspecified atom stereocenters. The van der Waals surface area contributed by atoms with Crippen molar-refractivity contribution in [2.24, 2.45) is 16.1 Å². The van der Waals surface area contributed by atoms with Gasteiger partial charge in [-0.3, -0.25) is 9.59 Å². The molecule has 242 valence electrons. The normalized spacial score (nSPS) is 17.6. The Kier molecular flexibility index (Phi) is 11.2. The lowest BCUT2D eigenvalue weighted by molar-refractivity contribution is -0.119. The maximum atomic E-state index is 13.6. The molecule has 45 heavy (non-hydrogen) atoms. The average molecular weight is 636 g/mol. The van der Waals surface area contributed by atoms with Gasteiger partial charge in [-0.25, -0.2) is 4.98 Å². The van der Waals surface area contributed by atoms with Crippen LogP contribution < -0.4 is 26.4 Å². The number of thiophene rings is 1. The Balaban J connectivity index is 1.71. The van der Waals surface area contributed by atoms with E-state index in [0.29, 0.717) is 66.9 Å². The maximum absolute atomic E-state index is 13.6. The zero-order chi connectivity index (χ0) is 32.7. The van der Waals surface area contributed by atoms with Crippen molar-refractivity contribution < 1.29 is 14.3 Å². The molecule has 1 saturated carbocycles. The van der Waals surface area contributed by atoms with E-state index in [1.165, 1.54) is 11.3 Å². The standard InChI is InChI=1S/C32H45N9O3S/c1-6-21(40(5)7-2)17-44-26-15-25(41(14-13-36-19-42)18-32(11-12-32)20(3)4)37-30(38-26)28(34)39-31(43)22-9-8-10-24-27(22)23(16-33)29(35)45-24/h15,19,21-22H,3,6-14,17-18,35H2,1-2,4-5H3,(H,36,42)(H2,34,39,43). The molecule has 2 aliphatic carbocycles. The first-order chi connectivity index (χ1) is 21.6. The second-order valence-corrected chi connectivity index (χ2v) is 13.1. The fourth-order valence-corrected chi connectivity index (χ4v) is 6.94. The molecule has 2 aromatic rings. The Morgan fingerprint density at radius 1 is 1.40 bits per heavy atom. The van der Waals surface area contributed by atoms with Crippen molar-refractivity contribution in [1.82, 2.24) is 20.2 Å². The van der Waals surface area contributed by atoms with Crippen LogP contribution in [0, 0.1) is 16.7 Å². The number of nitrogens with two attached hydrogens (primary N) is 2. The predicted molar refractivity (Wildman–Crippen MR) is 178 cm³/mol. The lowest BCUT2D eigenvalue weighted by atomic mass is 9.85. The minimum atomic E-state index is -0.611. The summed E-state index contributed by atoms with van der Waals surface area (Å²) >= 11 is 1.36. The number of amides is 2. The first kappa shape index (κ1) is 33.9. The number of anilines is 2. The predicted octanol–water partition coefficient (Wildman–Crippen LogP) is 3.36. The largest absolute Gasteiger partial charge is 0.476 e. The lowest BCUT2D eigenvalue weighted by Gasteiger charge is -2.30. The number of aryl methyl sites for hydroxylation is 1. The van der Waals surface area contributed by atoms with Crippen LogP contribution in [0.2, 0.25) is 0 Å². The van der Waals surface area contributed by atoms with E-state index in [1.807, 2.05) is 6.92 Å². The van der Waals surface area contributed by atoms with E-state index in [2.05, 4.69) is 58.6 Å². The van der Waals surface area contributed by atoms with Gasteiger partial charge >= 0.3 is 0 Å². The van der Waals surface area contributed by atoms with E-state index in [1.54, 1.807) is 6.07 Å². The number of aromatic nitrogens is 2. The number of likely N-dealkylation sites (N-methyl/N-ethyl adjacent to an activating group) is 1. The Morgan fingerprint density at radius 3 is 2.78 bits per heavy atom. The summed E-state index contributed by atoms with van der Waals surface area (Å²) in [4.78, 5) is 43.5. The number of rotatable bonds is 16. The Hall–Kier alpha value is -4.02. The number of nitriles is 1. The van der Waals surface area contributed by atoms with Gasteiger partial charge in [0.2, 0.25) is 18.1 Å². The van der Waals surface area contributed by atoms with Crippen LogP contribution in [0.3, 0.4) is 0 Å². The van der Waals surface area contributed by atoms with Crippen LogP contribution >= 0.6 is 11.3 Å². The highest BCUT2D eigenvalue weighted by molar-refractivity contribution is 7.16. The molecule has 0 spiro atoms. The fourth-order valence-electron chi connectivity index (χ4n) is 5.81. The van der Waals surface area contributed by atoms with E-state index in [-0.39, 0.29) is 23.1 Å². The first-order valence-corrected chi connectivity index (χ1v) is 16.4. The monoisotopic (exact) mass is 635 g/mol. The van der Waals surface area contributed by atoms with Gasteiger partial charge in [-0.1, -0.05) is 26.0 Å². The fraction of sp³-hybridized carbons (Fsp3) is 0.562. The molecule has 2 aliphatic rings. The minimum absolute atomic E-state index is 0.0421. The van der Waals surface area contributed by atoms with Crippen LogP contribution in [-0.4, -0.2) is 78.9 Å². The van der Waals surface area contributed by atoms with Crippen molar-refractivity contribution in [3.05, 3.63) is 40.0 Å². The number of ether oxygens (including phenoxy) is 1. The maximum Gasteiger partial charge on any atom is 0.255 e. The van der Waals surface area contributed by atoms with Gasteiger partial charge in [0.15, 0.2) is 5.84 Å². The Morgan fingerprint density at radius 2 is 2.16 bits per heavy atom. The van der Waals surface area contributed by atoms with Gasteiger partial charge < -0.3 is 31.3 Å². The van der Waals surface area contributed by atoms with Gasteiger partial charge in [-0.2, -0.15) is 15.2 Å². The molecule has 13 heteroatoms. The molecule has 0 saturated heterocycles. The summed E-state index contributed by atoms with van der Waals surface area (Å²) in [6.45, 7) is 13.3. The summed E-state index contributed by atoms with van der Waals surface area (Å²) < 4.78 is 6.23. The molecule has 12 nitrogen and oxygen atoms in total. The summed E-state index contributed by atoms with van der Waals surface area (Å²) in [5, 5.41) is 12.9. The van der Waals surface area contributed by atoms with Gasteiger partial charge in [0, 0.05) is 42.0 Å². The molecule has 2 aromatic heterocycles. The van der Waals surface area contributed by atoms with Gasteiger partial charge in [-0.15, -0.1) is 11.3 Å². The lowest BCUT2D eigenvalue weighted by Crippen LogP contribution is -2.38. The molecule has 5 N–H and O–H groups in total. The highest BCUT2D eigenvalue weighted by Crippen LogP contribution is 2.52. The smallest absolute Gasteiger partial charge is 0.255 e. The Labute approximate surface area is 269 Å². The zero-order valence-corrected chi connectivity index (χ0v) is 27.6. The molecule has 1 fully saturated rings. The van der Waals surface area contributed by atoms with E-state index in [9.17, 15) is 14.9 Å². The molecular formula is C32H45N9O3S. The average Bonchev–Trinajstić information content (AvgIpc) is 3.75. The topological polar surface area (TPSA) is 176 Å². The van der Waals surface area contributed by atoms with Crippen molar-refractivity contribution in [2.75, 3.05) is 50.5 Å². The van der Waals surface area contributed by atoms with Crippen LogP contribution in [0.4, 0.5) is 10.8 Å². The number of hydrogen-bond acceptors (Lipinski definition) is 10. The van der Waals surface area contributed by atoms with Crippen LogP contribution in [0.15, 0.2) is 23.2 Å². The molecule has 4 rings (SSSR count). The van der Waals surface area contributed by atoms with Crippen LogP contribution in [0.1, 0.15) is 80.6 Å². The highest BCUT2D eigenvalue weighted by Gasteiger charge is 2.45. The van der Waals surface area contributed by atoms with Gasteiger partial charge in [0.05, 0.1) is 11.5 Å². The summed E-state index contributed by atoms with van der Waals surface area (Å²) in [5.74, 6) is -0.265. The number of aliphatic imine (C=N–C) groups is 1. The second kappa shape index (κ2) is 14.8. The van der Waals surface area contributed by atoms with Crippen molar-refractivity contribution in [3.8, 4) is 11.9 Å². The number of nitrogens with zero attached hydrogens (tertiary/aromatic N) is 6. The molecule has 0 aromatic carbocycles. The van der Waals surface area contributed by atoms with Crippen molar-refractivity contribution >= 4 is 40.3 Å². The summed E-state index contributed by atoms with van der Waals surface area (Å²) in [6.07, 6.45) is 5.69. The molecule has 2 amide bonds. The van der Waals surface area contributed by atoms with Gasteiger partial charge in [0.1, 0.15) is 23.5 Å². The third kappa shape index (κ3) is 7.80. The number of nitrogens with one attached hydrogen (secondary N) is 1. The SMILES string of the molecule is C=C(C)C1(CN(CCNC=O)c2cc(OCC(CC)N(C)CC)nc(C(N)=NC(=O)C3CCCc4sc(N)c(C#N)c43)n2)CC1. The van der Waals surface area contributed by atoms with Crippen LogP contribution in [-0.2, 0) is 16.0 Å². The summed E-state index contributed by atoms with van der Waals surface area (Å²) in [6, 6.07) is 4.10. The quantitative estimate of drug-likeness (QED) is 0.0815. The van der Waals surface area contributed by atoms with E-state index < -0.39 is 11.8 Å². The van der Waals surface area contributed by atoms with Crippen LogP contribution in [0.5, 0.6) is 5.88 Å². The first-order valence-electron chi connectivity index (χ1n) is 15.6. The molecule has 2 heterocycles. The van der Waals surface area contributed by atoms with Gasteiger partial charge in [-0.05, 0) is 64.6 Å². The van der Waals surface area contributed by atoms with E-state index in [4.69, 9.17) is 21.2 Å². The highest BCUT2D eigenvalue weighted by atomic mass is 32.1. The molecule has 0 bridgehead atoms. The third-order valence-corrected chi connectivity index (χ3v) is 10.2. The Bertz CT molecular complexity index is 1480. The third-order valence-electron chi connectivity index (χ3n) is 9.06. The van der Waals surface area contributed by atoms with Crippen molar-refractivity contribution in [3.63, 3.8) is 0 Å².